The van der Waals surface area contributed by atoms with Crippen LogP contribution in [0, 0.1) is 0 Å². The number of carboxylic acid groups (broad SMARTS) is 1. The zero-order valence-electron chi connectivity index (χ0n) is 8.51. The van der Waals surface area contributed by atoms with E-state index in [9.17, 15) is 14.0 Å². The highest BCUT2D eigenvalue weighted by Gasteiger charge is 2.41. The highest BCUT2D eigenvalue weighted by molar-refractivity contribution is 5.85. The average molecular weight is 220 g/mol. The Balaban J connectivity index is 2.75. The molecule has 1 aliphatic rings. The number of nitrogens with zero attached hydrogens (tertiary/aromatic N) is 2. The third-order valence-electron chi connectivity index (χ3n) is 2.37. The number of alkyl halides is 1. The molecule has 1 fully saturated rings. The summed E-state index contributed by atoms with van der Waals surface area (Å²) in [4.78, 5) is 27.7. The Bertz CT molecular complexity index is 273. The van der Waals surface area contributed by atoms with E-state index >= 15 is 0 Å². The zero-order chi connectivity index (χ0) is 11.6. The van der Waals surface area contributed by atoms with Crippen LogP contribution in [0.25, 0.3) is 0 Å². The van der Waals surface area contributed by atoms with Crippen molar-refractivity contribution in [2.24, 2.45) is 0 Å². The molecule has 0 aromatic carbocycles. The van der Waals surface area contributed by atoms with Gasteiger partial charge in [0.05, 0.1) is 13.7 Å². The van der Waals surface area contributed by atoms with Gasteiger partial charge in [-0.2, -0.15) is 0 Å². The van der Waals surface area contributed by atoms with Crippen LogP contribution in [0.2, 0.25) is 0 Å². The summed E-state index contributed by atoms with van der Waals surface area (Å²) >= 11 is 0. The SMILES string of the molecule is CON(C)C(=O)[C@@H]1C[C@H](F)CN1C(=O)O. The summed E-state index contributed by atoms with van der Waals surface area (Å²) in [5.74, 6) is -0.556. The van der Waals surface area contributed by atoms with Crippen LogP contribution in [-0.2, 0) is 9.63 Å². The molecule has 0 aromatic rings. The molecule has 1 rings (SSSR count). The highest BCUT2D eigenvalue weighted by Crippen LogP contribution is 2.21. The van der Waals surface area contributed by atoms with E-state index in [0.29, 0.717) is 0 Å². The Morgan fingerprint density at radius 2 is 2.20 bits per heavy atom. The van der Waals surface area contributed by atoms with Crippen LogP contribution in [-0.4, -0.2) is 60.0 Å². The van der Waals surface area contributed by atoms with E-state index in [1.54, 1.807) is 0 Å². The number of likely N-dealkylation sites (tertiary alicyclic amines) is 1. The van der Waals surface area contributed by atoms with Crippen molar-refractivity contribution in [3.05, 3.63) is 0 Å². The molecule has 1 saturated heterocycles. The van der Waals surface area contributed by atoms with Crippen molar-refractivity contribution in [2.45, 2.75) is 18.6 Å². The summed E-state index contributed by atoms with van der Waals surface area (Å²) < 4.78 is 13.0. The largest absolute Gasteiger partial charge is 0.465 e. The highest BCUT2D eigenvalue weighted by atomic mass is 19.1. The summed E-state index contributed by atoms with van der Waals surface area (Å²) in [6.07, 6.45) is -2.70. The number of likely N-dealkylation sites (N-methyl/N-ethyl adjacent to an activating group) is 1. The number of amides is 2. The van der Waals surface area contributed by atoms with Crippen molar-refractivity contribution < 1.29 is 23.9 Å². The predicted molar refractivity (Wildman–Crippen MR) is 47.8 cm³/mol. The standard InChI is InChI=1S/C8H13FN2O4/c1-10(15-2)7(12)6-3-5(9)4-11(6)8(13)14/h5-6H,3-4H2,1-2H3,(H,13,14)/t5-,6-/m0/s1. The third kappa shape index (κ3) is 2.35. The molecular weight excluding hydrogens is 207 g/mol. The summed E-state index contributed by atoms with van der Waals surface area (Å²) in [5.41, 5.74) is 0. The molecule has 1 heterocycles. The number of carbonyl (C=O) groups is 2. The van der Waals surface area contributed by atoms with Gasteiger partial charge in [0, 0.05) is 13.5 Å². The Morgan fingerprint density at radius 1 is 1.60 bits per heavy atom. The number of halogens is 1. The minimum Gasteiger partial charge on any atom is -0.465 e. The molecule has 7 heteroatoms. The minimum atomic E-state index is -1.29. The lowest BCUT2D eigenvalue weighted by Gasteiger charge is -2.23. The van der Waals surface area contributed by atoms with Gasteiger partial charge in [0.25, 0.3) is 5.91 Å². The summed E-state index contributed by atoms with van der Waals surface area (Å²) in [6, 6.07) is -0.984. The van der Waals surface area contributed by atoms with Crippen molar-refractivity contribution in [2.75, 3.05) is 20.7 Å². The van der Waals surface area contributed by atoms with Crippen LogP contribution >= 0.6 is 0 Å². The van der Waals surface area contributed by atoms with Crippen molar-refractivity contribution in [3.63, 3.8) is 0 Å². The first-order valence-electron chi connectivity index (χ1n) is 4.42. The van der Waals surface area contributed by atoms with Crippen LogP contribution in [0.1, 0.15) is 6.42 Å². The third-order valence-corrected chi connectivity index (χ3v) is 2.37. The fraction of sp³-hybridized carbons (Fsp3) is 0.750. The van der Waals surface area contributed by atoms with Gasteiger partial charge in [-0.3, -0.25) is 14.5 Å². The van der Waals surface area contributed by atoms with Gasteiger partial charge < -0.3 is 5.11 Å². The van der Waals surface area contributed by atoms with Crippen LogP contribution < -0.4 is 0 Å². The van der Waals surface area contributed by atoms with E-state index in [1.807, 2.05) is 0 Å². The Morgan fingerprint density at radius 3 is 2.67 bits per heavy atom. The molecule has 0 spiro atoms. The molecular formula is C8H13FN2O4. The molecule has 6 nitrogen and oxygen atoms in total. The lowest BCUT2D eigenvalue weighted by Crippen LogP contribution is -2.45. The number of rotatable bonds is 2. The normalized spacial score (nSPS) is 25.4. The van der Waals surface area contributed by atoms with E-state index in [1.165, 1.54) is 14.2 Å². The first-order chi connectivity index (χ1) is 6.97. The Labute approximate surface area is 86.2 Å². The molecule has 2 amide bonds. The monoisotopic (exact) mass is 220 g/mol. The fourth-order valence-electron chi connectivity index (χ4n) is 1.53. The van der Waals surface area contributed by atoms with E-state index in [-0.39, 0.29) is 13.0 Å². The predicted octanol–water partition coefficient (Wildman–Crippen LogP) is 0.0966. The lowest BCUT2D eigenvalue weighted by molar-refractivity contribution is -0.173. The maximum atomic E-state index is 13.0. The van der Waals surface area contributed by atoms with Gasteiger partial charge in [0.15, 0.2) is 0 Å². The van der Waals surface area contributed by atoms with Gasteiger partial charge in [0.1, 0.15) is 12.2 Å². The molecule has 1 aliphatic heterocycles. The molecule has 0 saturated carbocycles. The van der Waals surface area contributed by atoms with E-state index in [2.05, 4.69) is 4.84 Å². The first-order valence-corrected chi connectivity index (χ1v) is 4.42. The number of carbonyl (C=O) groups excluding carboxylic acids is 1. The van der Waals surface area contributed by atoms with Crippen LogP contribution in [0.5, 0.6) is 0 Å². The van der Waals surface area contributed by atoms with Gasteiger partial charge in [0.2, 0.25) is 0 Å². The molecule has 0 radical (unpaired) electrons. The van der Waals surface area contributed by atoms with Gasteiger partial charge >= 0.3 is 6.09 Å². The summed E-state index contributed by atoms with van der Waals surface area (Å²) in [6.45, 7) is -0.261. The maximum Gasteiger partial charge on any atom is 0.408 e. The van der Waals surface area contributed by atoms with Crippen molar-refractivity contribution in [1.29, 1.82) is 0 Å². The van der Waals surface area contributed by atoms with Crippen LogP contribution in [0.3, 0.4) is 0 Å². The average Bonchev–Trinajstić information content (AvgIpc) is 2.58. The van der Waals surface area contributed by atoms with Crippen LogP contribution in [0.4, 0.5) is 9.18 Å². The van der Waals surface area contributed by atoms with Gasteiger partial charge in [-0.25, -0.2) is 14.2 Å². The quantitative estimate of drug-likeness (QED) is 0.670. The molecule has 15 heavy (non-hydrogen) atoms. The zero-order valence-corrected chi connectivity index (χ0v) is 8.51. The molecule has 86 valence electrons. The molecule has 0 aromatic heterocycles. The number of hydrogen-bond donors (Lipinski definition) is 1. The number of hydrogen-bond acceptors (Lipinski definition) is 3. The Hall–Kier alpha value is -1.37. The van der Waals surface area contributed by atoms with Gasteiger partial charge in [-0.05, 0) is 0 Å². The minimum absolute atomic E-state index is 0.112. The first kappa shape index (κ1) is 11.7. The topological polar surface area (TPSA) is 70.1 Å². The van der Waals surface area contributed by atoms with E-state index in [4.69, 9.17) is 5.11 Å². The molecule has 0 aliphatic carbocycles. The second-order valence-electron chi connectivity index (χ2n) is 3.30. The number of hydroxylamine groups is 2. The van der Waals surface area contributed by atoms with Gasteiger partial charge in [-0.1, -0.05) is 0 Å². The Kier molecular flexibility index (Phi) is 3.46. The van der Waals surface area contributed by atoms with Crippen LogP contribution in [0.15, 0.2) is 0 Å². The van der Waals surface area contributed by atoms with Crippen molar-refractivity contribution in [1.82, 2.24) is 9.96 Å². The van der Waals surface area contributed by atoms with Crippen molar-refractivity contribution >= 4 is 12.0 Å². The van der Waals surface area contributed by atoms with E-state index < -0.39 is 24.2 Å². The molecule has 1 N–H and O–H groups in total. The van der Waals surface area contributed by atoms with Gasteiger partial charge in [-0.15, -0.1) is 0 Å². The fourth-order valence-corrected chi connectivity index (χ4v) is 1.53. The molecule has 0 bridgehead atoms. The summed E-state index contributed by atoms with van der Waals surface area (Å²) in [5, 5.41) is 9.65. The second kappa shape index (κ2) is 4.43. The van der Waals surface area contributed by atoms with E-state index in [0.717, 1.165) is 9.96 Å². The van der Waals surface area contributed by atoms with Crippen molar-refractivity contribution in [3.8, 4) is 0 Å². The lowest BCUT2D eigenvalue weighted by atomic mass is 10.2. The maximum absolute atomic E-state index is 13.0. The molecule has 2 atom stereocenters. The smallest absolute Gasteiger partial charge is 0.408 e. The summed E-state index contributed by atoms with van der Waals surface area (Å²) in [7, 11) is 2.64. The second-order valence-corrected chi connectivity index (χ2v) is 3.30. The molecule has 0 unspecified atom stereocenters.